The Kier molecular flexibility index (Phi) is 12.4. The second-order valence-corrected chi connectivity index (χ2v) is 5.67. The third-order valence-electron chi connectivity index (χ3n) is 3.76. The van der Waals surface area contributed by atoms with Crippen molar-refractivity contribution in [3.8, 4) is 0 Å². The highest BCUT2D eigenvalue weighted by Gasteiger charge is 2.09. The molecule has 1 unspecified atom stereocenters. The fourth-order valence-corrected chi connectivity index (χ4v) is 2.45. The Bertz CT molecular complexity index is 142. The van der Waals surface area contributed by atoms with Crippen molar-refractivity contribution in [2.24, 2.45) is 0 Å². The Balaban J connectivity index is 3.49. The molecule has 1 heteroatoms. The van der Waals surface area contributed by atoms with Crippen LogP contribution in [0.15, 0.2) is 0 Å². The lowest BCUT2D eigenvalue weighted by Gasteiger charge is -2.24. The van der Waals surface area contributed by atoms with Crippen LogP contribution in [0.25, 0.3) is 0 Å². The summed E-state index contributed by atoms with van der Waals surface area (Å²) in [5, 5.41) is 0. The monoisotopic (exact) mass is 241 g/mol. The van der Waals surface area contributed by atoms with E-state index in [0.29, 0.717) is 0 Å². The second-order valence-electron chi connectivity index (χ2n) is 5.67. The van der Waals surface area contributed by atoms with E-state index in [1.165, 1.54) is 70.6 Å². The van der Waals surface area contributed by atoms with E-state index in [-0.39, 0.29) is 0 Å². The van der Waals surface area contributed by atoms with Crippen LogP contribution in [-0.4, -0.2) is 25.0 Å². The Morgan fingerprint density at radius 3 is 1.59 bits per heavy atom. The first kappa shape index (κ1) is 17.0. The summed E-state index contributed by atoms with van der Waals surface area (Å²) in [6.45, 7) is 4.58. The summed E-state index contributed by atoms with van der Waals surface area (Å²) in [7, 11) is 4.49. The van der Waals surface area contributed by atoms with E-state index in [2.05, 4.69) is 32.8 Å². The zero-order valence-corrected chi connectivity index (χ0v) is 12.8. The molecule has 0 rings (SSSR count). The fourth-order valence-electron chi connectivity index (χ4n) is 2.45. The molecule has 104 valence electrons. The predicted octanol–water partition coefficient (Wildman–Crippen LogP) is 5.25. The minimum absolute atomic E-state index is 0.827. The summed E-state index contributed by atoms with van der Waals surface area (Å²) < 4.78 is 0. The van der Waals surface area contributed by atoms with E-state index in [1.54, 1.807) is 0 Å². The number of rotatable bonds is 12. The molecule has 0 radical (unpaired) electrons. The van der Waals surface area contributed by atoms with Gasteiger partial charge in [0.05, 0.1) is 0 Å². The van der Waals surface area contributed by atoms with Crippen LogP contribution in [0.1, 0.15) is 84.5 Å². The predicted molar refractivity (Wildman–Crippen MR) is 79.6 cm³/mol. The molecule has 17 heavy (non-hydrogen) atoms. The van der Waals surface area contributed by atoms with Crippen molar-refractivity contribution in [3.63, 3.8) is 0 Å². The van der Waals surface area contributed by atoms with Crippen molar-refractivity contribution in [3.05, 3.63) is 0 Å². The zero-order valence-electron chi connectivity index (χ0n) is 12.8. The standard InChI is InChI=1S/C16H35N/c1-5-7-9-10-11-13-15-16(17(3)4)14-12-8-6-2/h16H,5-15H2,1-4H3. The Morgan fingerprint density at radius 1 is 0.647 bits per heavy atom. The molecule has 1 nitrogen and oxygen atoms in total. The summed E-state index contributed by atoms with van der Waals surface area (Å²) in [5.74, 6) is 0. The topological polar surface area (TPSA) is 3.24 Å². The lowest BCUT2D eigenvalue weighted by atomic mass is 10.0. The Hall–Kier alpha value is -0.0400. The average Bonchev–Trinajstić information content (AvgIpc) is 2.31. The second kappa shape index (κ2) is 12.4. The summed E-state index contributed by atoms with van der Waals surface area (Å²) in [4.78, 5) is 2.43. The third kappa shape index (κ3) is 10.8. The Labute approximate surface area is 110 Å². The van der Waals surface area contributed by atoms with E-state index in [0.717, 1.165) is 6.04 Å². The molecular formula is C16H35N. The van der Waals surface area contributed by atoms with Crippen LogP contribution >= 0.6 is 0 Å². The van der Waals surface area contributed by atoms with Gasteiger partial charge in [0.2, 0.25) is 0 Å². The van der Waals surface area contributed by atoms with Gasteiger partial charge in [0.15, 0.2) is 0 Å². The zero-order chi connectivity index (χ0) is 12.9. The molecule has 0 spiro atoms. The first-order chi connectivity index (χ1) is 8.22. The average molecular weight is 241 g/mol. The van der Waals surface area contributed by atoms with Crippen LogP contribution < -0.4 is 0 Å². The molecule has 0 aromatic carbocycles. The van der Waals surface area contributed by atoms with Crippen molar-refractivity contribution in [1.82, 2.24) is 4.90 Å². The van der Waals surface area contributed by atoms with Crippen LogP contribution in [0.2, 0.25) is 0 Å². The van der Waals surface area contributed by atoms with E-state index >= 15 is 0 Å². The molecule has 0 N–H and O–H groups in total. The van der Waals surface area contributed by atoms with Crippen LogP contribution in [0, 0.1) is 0 Å². The van der Waals surface area contributed by atoms with Crippen LogP contribution in [-0.2, 0) is 0 Å². The molecule has 0 amide bonds. The van der Waals surface area contributed by atoms with Crippen LogP contribution in [0.4, 0.5) is 0 Å². The van der Waals surface area contributed by atoms with Crippen LogP contribution in [0.3, 0.4) is 0 Å². The molecule has 0 aliphatic rings. The van der Waals surface area contributed by atoms with Gasteiger partial charge in [0.25, 0.3) is 0 Å². The number of nitrogens with zero attached hydrogens (tertiary/aromatic N) is 1. The van der Waals surface area contributed by atoms with Crippen molar-refractivity contribution in [2.45, 2.75) is 90.5 Å². The van der Waals surface area contributed by atoms with E-state index < -0.39 is 0 Å². The van der Waals surface area contributed by atoms with Gasteiger partial charge < -0.3 is 4.90 Å². The van der Waals surface area contributed by atoms with Gasteiger partial charge in [0.1, 0.15) is 0 Å². The minimum Gasteiger partial charge on any atom is -0.306 e. The molecule has 0 aliphatic heterocycles. The molecule has 0 fully saturated rings. The first-order valence-electron chi connectivity index (χ1n) is 7.88. The molecule has 0 aromatic heterocycles. The Morgan fingerprint density at radius 2 is 1.06 bits per heavy atom. The quantitative estimate of drug-likeness (QED) is 0.422. The van der Waals surface area contributed by atoms with Gasteiger partial charge in [-0.15, -0.1) is 0 Å². The number of unbranched alkanes of at least 4 members (excludes halogenated alkanes) is 7. The SMILES string of the molecule is CCCCCCCCC(CCCCC)N(C)C. The number of hydrogen-bond donors (Lipinski definition) is 0. The van der Waals surface area contributed by atoms with Gasteiger partial charge in [0, 0.05) is 6.04 Å². The maximum absolute atomic E-state index is 2.43. The van der Waals surface area contributed by atoms with Crippen molar-refractivity contribution in [2.75, 3.05) is 14.1 Å². The minimum atomic E-state index is 0.827. The molecule has 0 aromatic rings. The highest BCUT2D eigenvalue weighted by Crippen LogP contribution is 2.15. The highest BCUT2D eigenvalue weighted by molar-refractivity contribution is 4.66. The molecule has 0 heterocycles. The normalized spacial score (nSPS) is 13.2. The van der Waals surface area contributed by atoms with Gasteiger partial charge in [-0.05, 0) is 26.9 Å². The molecule has 0 saturated carbocycles. The summed E-state index contributed by atoms with van der Waals surface area (Å²) in [6.07, 6.45) is 15.5. The maximum Gasteiger partial charge on any atom is 0.00891 e. The van der Waals surface area contributed by atoms with Gasteiger partial charge in [-0.2, -0.15) is 0 Å². The van der Waals surface area contributed by atoms with E-state index in [9.17, 15) is 0 Å². The third-order valence-corrected chi connectivity index (χ3v) is 3.76. The highest BCUT2D eigenvalue weighted by atomic mass is 15.1. The molecular weight excluding hydrogens is 206 g/mol. The number of hydrogen-bond acceptors (Lipinski definition) is 1. The molecule has 0 bridgehead atoms. The van der Waals surface area contributed by atoms with Gasteiger partial charge in [-0.1, -0.05) is 71.6 Å². The van der Waals surface area contributed by atoms with Gasteiger partial charge >= 0.3 is 0 Å². The summed E-state index contributed by atoms with van der Waals surface area (Å²) in [6, 6.07) is 0.827. The molecule has 0 aliphatic carbocycles. The fraction of sp³-hybridized carbons (Fsp3) is 1.00. The largest absolute Gasteiger partial charge is 0.306 e. The van der Waals surface area contributed by atoms with Crippen LogP contribution in [0.5, 0.6) is 0 Å². The lowest BCUT2D eigenvalue weighted by Crippen LogP contribution is -2.27. The molecule has 1 atom stereocenters. The van der Waals surface area contributed by atoms with Gasteiger partial charge in [-0.25, -0.2) is 0 Å². The lowest BCUT2D eigenvalue weighted by molar-refractivity contribution is 0.252. The summed E-state index contributed by atoms with van der Waals surface area (Å²) >= 11 is 0. The smallest absolute Gasteiger partial charge is 0.00891 e. The van der Waals surface area contributed by atoms with E-state index in [1.807, 2.05) is 0 Å². The summed E-state index contributed by atoms with van der Waals surface area (Å²) in [5.41, 5.74) is 0. The maximum atomic E-state index is 2.43. The van der Waals surface area contributed by atoms with Crippen molar-refractivity contribution < 1.29 is 0 Å². The van der Waals surface area contributed by atoms with E-state index in [4.69, 9.17) is 0 Å². The first-order valence-corrected chi connectivity index (χ1v) is 7.88. The van der Waals surface area contributed by atoms with Gasteiger partial charge in [-0.3, -0.25) is 0 Å². The van der Waals surface area contributed by atoms with Crippen molar-refractivity contribution >= 4 is 0 Å². The molecule has 0 saturated heterocycles. The van der Waals surface area contributed by atoms with Crippen molar-refractivity contribution in [1.29, 1.82) is 0 Å².